The van der Waals surface area contributed by atoms with Crippen LogP contribution in [0.4, 0.5) is 10.8 Å². The largest absolute Gasteiger partial charge is 0.348 e. The predicted molar refractivity (Wildman–Crippen MR) is 122 cm³/mol. The molecule has 0 spiro atoms. The monoisotopic (exact) mass is 427 g/mol. The normalized spacial score (nSPS) is 11.0. The number of rotatable bonds is 5. The molecule has 152 valence electrons. The van der Waals surface area contributed by atoms with Gasteiger partial charge in [0.2, 0.25) is 10.1 Å². The quantitative estimate of drug-likeness (QED) is 0.443. The minimum atomic E-state index is -0.209. The van der Waals surface area contributed by atoms with Crippen LogP contribution >= 0.6 is 11.3 Å². The lowest BCUT2D eigenvalue weighted by Gasteiger charge is -2.07. The van der Waals surface area contributed by atoms with E-state index >= 15 is 0 Å². The van der Waals surface area contributed by atoms with E-state index in [1.54, 1.807) is 36.4 Å². The predicted octanol–water partition coefficient (Wildman–Crippen LogP) is 3.98. The number of fused-ring (bicyclic) bond motifs is 2. The minimum absolute atomic E-state index is 0.166. The maximum absolute atomic E-state index is 12.7. The molecular formula is C23H17N5O2S. The topological polar surface area (TPSA) is 88.4 Å². The Morgan fingerprint density at radius 1 is 0.968 bits per heavy atom. The maximum Gasteiger partial charge on any atom is 0.283 e. The van der Waals surface area contributed by atoms with Crippen LogP contribution in [0, 0.1) is 0 Å². The molecular weight excluding hydrogens is 410 g/mol. The molecule has 7 nitrogen and oxygen atoms in total. The van der Waals surface area contributed by atoms with Crippen molar-refractivity contribution in [2.45, 2.75) is 6.54 Å². The second kappa shape index (κ2) is 8.00. The highest BCUT2D eigenvalue weighted by molar-refractivity contribution is 7.20. The lowest BCUT2D eigenvalue weighted by Crippen LogP contribution is -2.22. The Labute approximate surface area is 181 Å². The average Bonchev–Trinajstić information content (AvgIpc) is 3.21. The summed E-state index contributed by atoms with van der Waals surface area (Å²) >= 11 is 1.27. The van der Waals surface area contributed by atoms with Crippen molar-refractivity contribution in [3.63, 3.8) is 0 Å². The lowest BCUT2D eigenvalue weighted by molar-refractivity contribution is 0.0951. The highest BCUT2D eigenvalue weighted by atomic mass is 32.1. The molecule has 2 aromatic heterocycles. The molecule has 5 aromatic rings. The molecule has 0 saturated carbocycles. The third-order valence-electron chi connectivity index (χ3n) is 4.77. The zero-order chi connectivity index (χ0) is 21.2. The molecule has 0 saturated heterocycles. The van der Waals surface area contributed by atoms with Gasteiger partial charge in [-0.1, -0.05) is 59.9 Å². The van der Waals surface area contributed by atoms with Gasteiger partial charge in [-0.05, 0) is 35.9 Å². The Morgan fingerprint density at radius 3 is 2.65 bits per heavy atom. The van der Waals surface area contributed by atoms with E-state index in [1.165, 1.54) is 15.9 Å². The molecule has 5 rings (SSSR count). The fourth-order valence-electron chi connectivity index (χ4n) is 3.25. The van der Waals surface area contributed by atoms with Crippen molar-refractivity contribution in [3.8, 4) is 0 Å². The standard InChI is InChI=1S/C23H17N5O2S/c29-20(24-14-15-7-2-1-3-8-15)16-9-6-10-17(13-16)25-22-27-28-21(30)18-11-4-5-12-19(18)26-23(28)31-22/h1-13H,14H2,(H,24,29)(H,25,27). The van der Waals surface area contributed by atoms with Gasteiger partial charge in [0.05, 0.1) is 10.9 Å². The summed E-state index contributed by atoms with van der Waals surface area (Å²) in [7, 11) is 0. The smallest absolute Gasteiger partial charge is 0.283 e. The van der Waals surface area contributed by atoms with E-state index in [4.69, 9.17) is 0 Å². The van der Waals surface area contributed by atoms with E-state index in [9.17, 15) is 9.59 Å². The first-order valence-corrected chi connectivity index (χ1v) is 10.5. The number of para-hydroxylation sites is 1. The van der Waals surface area contributed by atoms with Crippen molar-refractivity contribution >= 4 is 43.9 Å². The number of nitrogens with one attached hydrogen (secondary N) is 2. The van der Waals surface area contributed by atoms with E-state index < -0.39 is 0 Å². The molecule has 0 aliphatic heterocycles. The highest BCUT2D eigenvalue weighted by Gasteiger charge is 2.12. The third kappa shape index (κ3) is 3.88. The van der Waals surface area contributed by atoms with E-state index in [0.29, 0.717) is 38.8 Å². The SMILES string of the molecule is O=C(NCc1ccccc1)c1cccc(Nc2nn3c(=O)c4ccccc4nc3s2)c1. The van der Waals surface area contributed by atoms with Crippen LogP contribution in [-0.2, 0) is 6.54 Å². The first-order chi connectivity index (χ1) is 15.2. The van der Waals surface area contributed by atoms with Crippen LogP contribution in [0.15, 0.2) is 83.7 Å². The van der Waals surface area contributed by atoms with Gasteiger partial charge in [-0.25, -0.2) is 4.98 Å². The summed E-state index contributed by atoms with van der Waals surface area (Å²) in [6.07, 6.45) is 0. The van der Waals surface area contributed by atoms with E-state index in [1.807, 2.05) is 42.5 Å². The Bertz CT molecular complexity index is 1460. The highest BCUT2D eigenvalue weighted by Crippen LogP contribution is 2.23. The van der Waals surface area contributed by atoms with Gasteiger partial charge in [0.15, 0.2) is 0 Å². The van der Waals surface area contributed by atoms with E-state index in [2.05, 4.69) is 20.7 Å². The molecule has 0 unspecified atom stereocenters. The number of nitrogens with zero attached hydrogens (tertiary/aromatic N) is 3. The summed E-state index contributed by atoms with van der Waals surface area (Å²) < 4.78 is 1.30. The zero-order valence-corrected chi connectivity index (χ0v) is 17.1. The number of hydrogen-bond acceptors (Lipinski definition) is 6. The van der Waals surface area contributed by atoms with Gasteiger partial charge >= 0.3 is 0 Å². The van der Waals surface area contributed by atoms with E-state index in [-0.39, 0.29) is 11.5 Å². The first-order valence-electron chi connectivity index (χ1n) is 9.65. The number of carbonyl (C=O) groups excluding carboxylic acids is 1. The molecule has 1 amide bonds. The Balaban J connectivity index is 1.37. The summed E-state index contributed by atoms with van der Waals surface area (Å²) in [5.74, 6) is -0.166. The van der Waals surface area contributed by atoms with Crippen molar-refractivity contribution < 1.29 is 4.79 Å². The van der Waals surface area contributed by atoms with E-state index in [0.717, 1.165) is 5.56 Å². The Morgan fingerprint density at radius 2 is 1.77 bits per heavy atom. The average molecular weight is 427 g/mol. The van der Waals surface area contributed by atoms with Gasteiger partial charge in [-0.2, -0.15) is 4.52 Å². The van der Waals surface area contributed by atoms with Gasteiger partial charge in [-0.15, -0.1) is 5.10 Å². The molecule has 0 atom stereocenters. The van der Waals surface area contributed by atoms with Crippen LogP contribution in [0.25, 0.3) is 15.9 Å². The van der Waals surface area contributed by atoms with Crippen molar-refractivity contribution in [1.29, 1.82) is 0 Å². The molecule has 8 heteroatoms. The summed E-state index contributed by atoms with van der Waals surface area (Å²) in [4.78, 5) is 30.2. The molecule has 2 N–H and O–H groups in total. The second-order valence-electron chi connectivity index (χ2n) is 6.91. The van der Waals surface area contributed by atoms with Crippen molar-refractivity contribution in [1.82, 2.24) is 19.9 Å². The van der Waals surface area contributed by atoms with Crippen molar-refractivity contribution in [2.24, 2.45) is 0 Å². The fourth-order valence-corrected chi connectivity index (χ4v) is 4.07. The molecule has 2 heterocycles. The van der Waals surface area contributed by atoms with Crippen molar-refractivity contribution in [2.75, 3.05) is 5.32 Å². The van der Waals surface area contributed by atoms with Crippen LogP contribution in [0.1, 0.15) is 15.9 Å². The van der Waals surface area contributed by atoms with Gasteiger partial charge in [0.1, 0.15) is 0 Å². The minimum Gasteiger partial charge on any atom is -0.348 e. The van der Waals surface area contributed by atoms with Crippen LogP contribution in [0.3, 0.4) is 0 Å². The molecule has 0 aliphatic carbocycles. The molecule has 0 fully saturated rings. The number of amides is 1. The van der Waals surface area contributed by atoms with Gasteiger partial charge in [0, 0.05) is 17.8 Å². The summed E-state index contributed by atoms with van der Waals surface area (Å²) in [5, 5.41) is 11.5. The van der Waals surface area contributed by atoms with Crippen molar-refractivity contribution in [3.05, 3.63) is 100 Å². The Hall–Kier alpha value is -4.04. The summed E-state index contributed by atoms with van der Waals surface area (Å²) in [6, 6.07) is 24.1. The number of benzene rings is 3. The van der Waals surface area contributed by atoms with Gasteiger partial charge < -0.3 is 10.6 Å². The molecule has 0 aliphatic rings. The maximum atomic E-state index is 12.7. The van der Waals surface area contributed by atoms with Crippen LogP contribution in [0.2, 0.25) is 0 Å². The molecule has 3 aromatic carbocycles. The Kier molecular flexibility index (Phi) is 4.89. The molecule has 31 heavy (non-hydrogen) atoms. The fraction of sp³-hybridized carbons (Fsp3) is 0.0435. The molecule has 0 bridgehead atoms. The van der Waals surface area contributed by atoms with Gasteiger partial charge in [-0.3, -0.25) is 9.59 Å². The first kappa shape index (κ1) is 19.0. The van der Waals surface area contributed by atoms with Crippen LogP contribution in [0.5, 0.6) is 0 Å². The number of anilines is 2. The second-order valence-corrected chi connectivity index (χ2v) is 7.87. The number of hydrogen-bond donors (Lipinski definition) is 2. The summed E-state index contributed by atoms with van der Waals surface area (Å²) in [6.45, 7) is 0.456. The number of aromatic nitrogens is 3. The van der Waals surface area contributed by atoms with Crippen LogP contribution < -0.4 is 16.2 Å². The molecule has 0 radical (unpaired) electrons. The zero-order valence-electron chi connectivity index (χ0n) is 16.3. The van der Waals surface area contributed by atoms with Crippen LogP contribution in [-0.4, -0.2) is 20.5 Å². The summed E-state index contributed by atoms with van der Waals surface area (Å²) in [5.41, 5.74) is 2.69. The lowest BCUT2D eigenvalue weighted by atomic mass is 10.1. The number of carbonyl (C=O) groups is 1. The van der Waals surface area contributed by atoms with Gasteiger partial charge in [0.25, 0.3) is 11.5 Å². The third-order valence-corrected chi connectivity index (χ3v) is 5.60.